The summed E-state index contributed by atoms with van der Waals surface area (Å²) in [6.45, 7) is 5.91. The number of carboxylic acids is 1. The highest BCUT2D eigenvalue weighted by Crippen LogP contribution is 2.27. The number of rotatable bonds is 55. The average Bonchev–Trinajstić information content (AvgIpc) is 3.43. The van der Waals surface area contributed by atoms with Crippen molar-refractivity contribution in [2.24, 2.45) is 0 Å². The molecule has 6 atom stereocenters. The van der Waals surface area contributed by atoms with Crippen LogP contribution in [0.25, 0.3) is 0 Å². The number of hydrogen-bond acceptors (Lipinski definition) is 11. The van der Waals surface area contributed by atoms with E-state index in [1.54, 1.807) is 0 Å². The van der Waals surface area contributed by atoms with E-state index in [0.717, 1.165) is 116 Å². The first-order valence-electron chi connectivity index (χ1n) is 32.3. The van der Waals surface area contributed by atoms with Gasteiger partial charge >= 0.3 is 23.9 Å². The molecule has 1 saturated heterocycles. The van der Waals surface area contributed by atoms with Crippen LogP contribution in [-0.4, -0.2) is 89.2 Å². The van der Waals surface area contributed by atoms with Crippen molar-refractivity contribution in [3.63, 3.8) is 0 Å². The molecule has 0 bridgehead atoms. The number of allylic oxidation sites excluding steroid dienone is 10. The summed E-state index contributed by atoms with van der Waals surface area (Å²) in [7, 11) is 0. The molecule has 1 aliphatic heterocycles. The fraction of sp³-hybridized carbons (Fsp3) is 0.791. The number of aliphatic carboxylic acids is 1. The maximum atomic E-state index is 13.2. The fourth-order valence-electron chi connectivity index (χ4n) is 9.55. The van der Waals surface area contributed by atoms with Gasteiger partial charge in [-0.15, -0.1) is 0 Å². The molecule has 12 heteroatoms. The Balaban J connectivity index is 2.64. The Hall–Kier alpha value is -3.58. The SMILES string of the molecule is CCC/C=C\C/C=C\CCCCCCCC(=O)OC(COC(=O)CCCCCCCCC/C=C\CCCCCCCC)COC1OC(C(=O)O)C(O)C(O)C1OC(=O)CCCCCCCCCCC/C=C\C/C=C\CCCCC. The predicted octanol–water partition coefficient (Wildman–Crippen LogP) is 17.1. The lowest BCUT2D eigenvalue weighted by Gasteiger charge is -2.40. The van der Waals surface area contributed by atoms with Gasteiger partial charge in [0.1, 0.15) is 18.8 Å². The summed E-state index contributed by atoms with van der Waals surface area (Å²) in [5.74, 6) is -3.13. The summed E-state index contributed by atoms with van der Waals surface area (Å²) in [4.78, 5) is 51.3. The lowest BCUT2D eigenvalue weighted by molar-refractivity contribution is -0.301. The van der Waals surface area contributed by atoms with E-state index in [2.05, 4.69) is 81.5 Å². The van der Waals surface area contributed by atoms with E-state index in [0.29, 0.717) is 19.3 Å². The maximum absolute atomic E-state index is 13.2. The van der Waals surface area contributed by atoms with Crippen LogP contribution in [-0.2, 0) is 42.9 Å². The van der Waals surface area contributed by atoms with Gasteiger partial charge in [-0.2, -0.15) is 0 Å². The van der Waals surface area contributed by atoms with Crippen molar-refractivity contribution in [1.82, 2.24) is 0 Å². The first-order valence-corrected chi connectivity index (χ1v) is 32.3. The molecule has 6 unspecified atom stereocenters. The van der Waals surface area contributed by atoms with Gasteiger partial charge < -0.3 is 39.0 Å². The zero-order valence-corrected chi connectivity index (χ0v) is 50.4. The molecule has 0 aromatic rings. The van der Waals surface area contributed by atoms with Crippen molar-refractivity contribution in [1.29, 1.82) is 0 Å². The number of carbonyl (C=O) groups excluding carboxylic acids is 3. The van der Waals surface area contributed by atoms with Gasteiger partial charge in [0.25, 0.3) is 0 Å². The number of carbonyl (C=O) groups is 4. The zero-order chi connectivity index (χ0) is 57.5. The van der Waals surface area contributed by atoms with Crippen molar-refractivity contribution in [3.8, 4) is 0 Å². The largest absolute Gasteiger partial charge is 0.479 e. The molecule has 456 valence electrons. The van der Waals surface area contributed by atoms with Gasteiger partial charge in [0.2, 0.25) is 0 Å². The summed E-state index contributed by atoms with van der Waals surface area (Å²) >= 11 is 0. The van der Waals surface area contributed by atoms with E-state index in [1.165, 1.54) is 116 Å². The Morgan fingerprint density at radius 1 is 0.418 bits per heavy atom. The highest BCUT2D eigenvalue weighted by Gasteiger charge is 2.50. The minimum Gasteiger partial charge on any atom is -0.479 e. The Morgan fingerprint density at radius 2 is 0.785 bits per heavy atom. The van der Waals surface area contributed by atoms with Gasteiger partial charge in [-0.1, -0.05) is 229 Å². The van der Waals surface area contributed by atoms with Crippen LogP contribution in [0.4, 0.5) is 0 Å². The molecule has 0 amide bonds. The molecule has 79 heavy (non-hydrogen) atoms. The van der Waals surface area contributed by atoms with E-state index < -0.39 is 67.3 Å². The minimum absolute atomic E-state index is 0.0536. The highest BCUT2D eigenvalue weighted by atomic mass is 16.7. The molecular weight excluding hydrogens is 997 g/mol. The van der Waals surface area contributed by atoms with Crippen molar-refractivity contribution in [2.45, 2.75) is 327 Å². The lowest BCUT2D eigenvalue weighted by Crippen LogP contribution is -2.61. The van der Waals surface area contributed by atoms with E-state index in [4.69, 9.17) is 23.7 Å². The molecule has 1 aliphatic rings. The Kier molecular flexibility index (Phi) is 51.1. The lowest BCUT2D eigenvalue weighted by atomic mass is 9.98. The first kappa shape index (κ1) is 73.4. The fourth-order valence-corrected chi connectivity index (χ4v) is 9.55. The smallest absolute Gasteiger partial charge is 0.335 e. The molecule has 1 heterocycles. The Bertz CT molecular complexity index is 1600. The second kappa shape index (κ2) is 55.0. The molecule has 3 N–H and O–H groups in total. The number of ether oxygens (including phenoxy) is 5. The van der Waals surface area contributed by atoms with E-state index in [-0.39, 0.29) is 25.9 Å². The van der Waals surface area contributed by atoms with Gasteiger partial charge in [0.15, 0.2) is 24.6 Å². The quantitative estimate of drug-likeness (QED) is 0.0228. The predicted molar refractivity (Wildman–Crippen MR) is 322 cm³/mol. The molecule has 0 spiro atoms. The van der Waals surface area contributed by atoms with Crippen LogP contribution in [0, 0.1) is 0 Å². The number of unbranched alkanes of at least 4 members (excludes halogenated alkanes) is 31. The Morgan fingerprint density at radius 3 is 1.23 bits per heavy atom. The summed E-state index contributed by atoms with van der Waals surface area (Å²) < 4.78 is 28.5. The number of esters is 3. The standard InChI is InChI=1S/C67H116O12/c1-4-7-10-13-16-19-22-25-27-29-30-32-34-37-40-43-46-49-52-55-61(70)78-65-63(72)62(71)64(66(73)74)79-67(65)76-57-58(77-60(69)54-51-48-45-42-39-35-24-21-18-15-12-9-6-3)56-75-59(68)53-50-47-44-41-38-36-33-31-28-26-23-20-17-14-11-8-5-2/h12,15-16,19,21,24-28,58,62-65,67,71-72H,4-11,13-14,17-18,20,22-23,29-57H2,1-3H3,(H,73,74)/b15-12-,19-16-,24-21-,27-25-,28-26-. The molecule has 1 fully saturated rings. The van der Waals surface area contributed by atoms with E-state index in [9.17, 15) is 34.5 Å². The number of aliphatic hydroxyl groups is 2. The van der Waals surface area contributed by atoms with Crippen LogP contribution in [0.3, 0.4) is 0 Å². The molecule has 12 nitrogen and oxygen atoms in total. The van der Waals surface area contributed by atoms with Gasteiger partial charge in [0, 0.05) is 19.3 Å². The molecule has 0 saturated carbocycles. The highest BCUT2D eigenvalue weighted by molar-refractivity contribution is 5.74. The van der Waals surface area contributed by atoms with Crippen molar-refractivity contribution in [3.05, 3.63) is 60.8 Å². The summed E-state index contributed by atoms with van der Waals surface area (Å²) in [5.41, 5.74) is 0. The van der Waals surface area contributed by atoms with Crippen LogP contribution < -0.4 is 0 Å². The average molecular weight is 1110 g/mol. The number of hydrogen-bond donors (Lipinski definition) is 3. The molecule has 1 rings (SSSR count). The van der Waals surface area contributed by atoms with Crippen molar-refractivity contribution in [2.75, 3.05) is 13.2 Å². The molecule has 0 radical (unpaired) electrons. The zero-order valence-electron chi connectivity index (χ0n) is 50.4. The van der Waals surface area contributed by atoms with E-state index >= 15 is 0 Å². The van der Waals surface area contributed by atoms with Crippen molar-refractivity contribution < 1.29 is 58.2 Å². The number of aliphatic hydroxyl groups excluding tert-OH is 2. The topological polar surface area (TPSA) is 175 Å². The molecule has 0 aromatic heterocycles. The van der Waals surface area contributed by atoms with Crippen LogP contribution in [0.2, 0.25) is 0 Å². The van der Waals surface area contributed by atoms with Crippen LogP contribution in [0.5, 0.6) is 0 Å². The normalized spacial score (nSPS) is 18.2. The monoisotopic (exact) mass is 1110 g/mol. The number of carboxylic acid groups (broad SMARTS) is 1. The second-order valence-corrected chi connectivity index (χ2v) is 22.0. The second-order valence-electron chi connectivity index (χ2n) is 22.0. The summed E-state index contributed by atoms with van der Waals surface area (Å²) in [5, 5.41) is 31.6. The van der Waals surface area contributed by atoms with Crippen LogP contribution in [0.1, 0.15) is 290 Å². The minimum atomic E-state index is -1.91. The first-order chi connectivity index (χ1) is 38.6. The molecule has 0 aliphatic carbocycles. The molecule has 0 aromatic carbocycles. The van der Waals surface area contributed by atoms with E-state index in [1.807, 2.05) is 0 Å². The molecular formula is C67H116O12. The third-order valence-corrected chi connectivity index (χ3v) is 14.5. The third-order valence-electron chi connectivity index (χ3n) is 14.5. The van der Waals surface area contributed by atoms with Gasteiger partial charge in [-0.25, -0.2) is 4.79 Å². The Labute approximate surface area is 481 Å². The van der Waals surface area contributed by atoms with Gasteiger partial charge in [0.05, 0.1) is 6.61 Å². The summed E-state index contributed by atoms with van der Waals surface area (Å²) in [6, 6.07) is 0. The van der Waals surface area contributed by atoms with Crippen LogP contribution >= 0.6 is 0 Å². The van der Waals surface area contributed by atoms with Gasteiger partial charge in [-0.3, -0.25) is 14.4 Å². The maximum Gasteiger partial charge on any atom is 0.335 e. The van der Waals surface area contributed by atoms with Crippen molar-refractivity contribution >= 4 is 23.9 Å². The van der Waals surface area contributed by atoms with Gasteiger partial charge in [-0.05, 0) is 103 Å². The van der Waals surface area contributed by atoms with Crippen LogP contribution in [0.15, 0.2) is 60.8 Å². The summed E-state index contributed by atoms with van der Waals surface area (Å²) in [6.07, 6.45) is 56.0. The third kappa shape index (κ3) is 44.7.